The van der Waals surface area contributed by atoms with Crippen LogP contribution in [0.3, 0.4) is 0 Å². The van der Waals surface area contributed by atoms with Gasteiger partial charge in [0.25, 0.3) is 0 Å². The number of hydrogen-bond donors (Lipinski definition) is 1. The Labute approximate surface area is 91.7 Å². The molecule has 0 saturated heterocycles. The normalized spacial score (nSPS) is 11.9. The lowest BCUT2D eigenvalue weighted by molar-refractivity contribution is -0.147. The third-order valence-corrected chi connectivity index (χ3v) is 1.98. The summed E-state index contributed by atoms with van der Waals surface area (Å²) < 4.78 is 17.3. The van der Waals surface area contributed by atoms with Crippen LogP contribution >= 0.6 is 0 Å². The van der Waals surface area contributed by atoms with Crippen molar-refractivity contribution < 1.29 is 23.8 Å². The Bertz CT molecular complexity index is 385. The molecule has 0 aromatic heterocycles. The molecule has 1 rings (SSSR count). The highest BCUT2D eigenvalue weighted by atomic mass is 19.1. The Morgan fingerprint density at radius 3 is 2.38 bits per heavy atom. The van der Waals surface area contributed by atoms with Crippen molar-refractivity contribution in [1.29, 1.82) is 0 Å². The van der Waals surface area contributed by atoms with Crippen LogP contribution in [0.4, 0.5) is 4.39 Å². The average molecular weight is 226 g/mol. The quantitative estimate of drug-likeness (QED) is 0.796. The second kappa shape index (κ2) is 5.25. The molecule has 0 saturated carbocycles. The highest BCUT2D eigenvalue weighted by Gasteiger charge is 2.20. The van der Waals surface area contributed by atoms with E-state index < -0.39 is 23.9 Å². The van der Waals surface area contributed by atoms with E-state index in [-0.39, 0.29) is 12.0 Å². The predicted molar refractivity (Wildman–Crippen MR) is 53.5 cm³/mol. The Balaban J connectivity index is 2.71. The van der Waals surface area contributed by atoms with Crippen molar-refractivity contribution in [2.75, 3.05) is 0 Å². The summed E-state index contributed by atoms with van der Waals surface area (Å²) in [4.78, 5) is 22.0. The van der Waals surface area contributed by atoms with Gasteiger partial charge in [0.2, 0.25) is 0 Å². The molecule has 16 heavy (non-hydrogen) atoms. The number of benzene rings is 1. The van der Waals surface area contributed by atoms with Gasteiger partial charge in [0.1, 0.15) is 5.82 Å². The monoisotopic (exact) mass is 226 g/mol. The standard InChI is InChI=1S/C11H11FO4/c1-2-9(10(13)14)16-11(15)7-3-5-8(12)6-4-7/h3-6,9H,2H2,1H3,(H,13,14). The van der Waals surface area contributed by atoms with E-state index in [4.69, 9.17) is 9.84 Å². The fraction of sp³-hybridized carbons (Fsp3) is 0.273. The number of carbonyl (C=O) groups excluding carboxylic acids is 1. The van der Waals surface area contributed by atoms with E-state index in [0.717, 1.165) is 12.1 Å². The topological polar surface area (TPSA) is 63.6 Å². The molecule has 1 N–H and O–H groups in total. The predicted octanol–water partition coefficient (Wildman–Crippen LogP) is 1.85. The summed E-state index contributed by atoms with van der Waals surface area (Å²) in [7, 11) is 0. The van der Waals surface area contributed by atoms with E-state index >= 15 is 0 Å². The zero-order valence-electron chi connectivity index (χ0n) is 8.64. The number of rotatable bonds is 4. The van der Waals surface area contributed by atoms with Gasteiger partial charge in [-0.15, -0.1) is 0 Å². The summed E-state index contributed by atoms with van der Waals surface area (Å²) in [5.41, 5.74) is 0.126. The maximum Gasteiger partial charge on any atom is 0.345 e. The van der Waals surface area contributed by atoms with Gasteiger partial charge >= 0.3 is 11.9 Å². The Morgan fingerprint density at radius 2 is 1.94 bits per heavy atom. The summed E-state index contributed by atoms with van der Waals surface area (Å²) in [5.74, 6) is -2.44. The summed E-state index contributed by atoms with van der Waals surface area (Å²) in [6.45, 7) is 1.59. The first kappa shape index (κ1) is 12.2. The number of ether oxygens (including phenoxy) is 1. The minimum atomic E-state index is -1.20. The SMILES string of the molecule is CCC(OC(=O)c1ccc(F)cc1)C(=O)O. The van der Waals surface area contributed by atoms with Crippen molar-refractivity contribution in [3.05, 3.63) is 35.6 Å². The van der Waals surface area contributed by atoms with Crippen molar-refractivity contribution in [2.24, 2.45) is 0 Å². The molecule has 5 heteroatoms. The van der Waals surface area contributed by atoms with Crippen LogP contribution in [-0.2, 0) is 9.53 Å². The van der Waals surface area contributed by atoms with Gasteiger partial charge in [-0.1, -0.05) is 6.92 Å². The first-order valence-corrected chi connectivity index (χ1v) is 4.74. The van der Waals surface area contributed by atoms with Gasteiger partial charge in [-0.05, 0) is 30.7 Å². The van der Waals surface area contributed by atoms with E-state index in [9.17, 15) is 14.0 Å². The molecule has 1 aromatic rings. The Kier molecular flexibility index (Phi) is 3.99. The van der Waals surface area contributed by atoms with Crippen molar-refractivity contribution >= 4 is 11.9 Å². The van der Waals surface area contributed by atoms with Gasteiger partial charge < -0.3 is 9.84 Å². The number of esters is 1. The highest BCUT2D eigenvalue weighted by Crippen LogP contribution is 2.08. The van der Waals surface area contributed by atoms with Crippen molar-refractivity contribution in [1.82, 2.24) is 0 Å². The average Bonchev–Trinajstić information content (AvgIpc) is 2.26. The summed E-state index contributed by atoms with van der Waals surface area (Å²) in [5, 5.41) is 8.68. The maximum atomic E-state index is 12.6. The molecule has 0 spiro atoms. The van der Waals surface area contributed by atoms with E-state index in [0.29, 0.717) is 0 Å². The third kappa shape index (κ3) is 3.05. The number of carboxylic acids is 1. The van der Waals surface area contributed by atoms with Gasteiger partial charge in [-0.2, -0.15) is 0 Å². The molecule has 1 atom stereocenters. The van der Waals surface area contributed by atoms with Gasteiger partial charge in [0.05, 0.1) is 5.56 Å². The lowest BCUT2D eigenvalue weighted by Gasteiger charge is -2.11. The van der Waals surface area contributed by atoms with Crippen LogP contribution < -0.4 is 0 Å². The number of carbonyl (C=O) groups is 2. The Hall–Kier alpha value is -1.91. The van der Waals surface area contributed by atoms with Crippen molar-refractivity contribution in [2.45, 2.75) is 19.4 Å². The lowest BCUT2D eigenvalue weighted by Crippen LogP contribution is -2.26. The lowest BCUT2D eigenvalue weighted by atomic mass is 10.2. The third-order valence-electron chi connectivity index (χ3n) is 1.98. The first-order chi connectivity index (χ1) is 7.54. The van der Waals surface area contributed by atoms with Crippen LogP contribution in [0.15, 0.2) is 24.3 Å². The molecular formula is C11H11FO4. The van der Waals surface area contributed by atoms with Gasteiger partial charge in [-0.25, -0.2) is 14.0 Å². The summed E-state index contributed by atoms with van der Waals surface area (Å²) in [6.07, 6.45) is -0.986. The maximum absolute atomic E-state index is 12.6. The molecule has 0 bridgehead atoms. The molecule has 0 aliphatic rings. The number of carboxylic acid groups (broad SMARTS) is 1. The molecule has 1 unspecified atom stereocenters. The van der Waals surface area contributed by atoms with E-state index in [1.807, 2.05) is 0 Å². The van der Waals surface area contributed by atoms with Crippen molar-refractivity contribution in [3.63, 3.8) is 0 Å². The second-order valence-corrected chi connectivity index (χ2v) is 3.15. The number of halogens is 1. The Morgan fingerprint density at radius 1 is 1.38 bits per heavy atom. The van der Waals surface area contributed by atoms with E-state index in [2.05, 4.69) is 0 Å². The fourth-order valence-corrected chi connectivity index (χ4v) is 1.09. The molecule has 0 aliphatic heterocycles. The van der Waals surface area contributed by atoms with Gasteiger partial charge in [0, 0.05) is 0 Å². The minimum absolute atomic E-state index is 0.126. The van der Waals surface area contributed by atoms with Gasteiger partial charge in [0.15, 0.2) is 6.10 Å². The van der Waals surface area contributed by atoms with Crippen LogP contribution in [0.25, 0.3) is 0 Å². The minimum Gasteiger partial charge on any atom is -0.479 e. The zero-order chi connectivity index (χ0) is 12.1. The first-order valence-electron chi connectivity index (χ1n) is 4.74. The van der Waals surface area contributed by atoms with Crippen LogP contribution in [0.5, 0.6) is 0 Å². The zero-order valence-corrected chi connectivity index (χ0v) is 8.64. The molecular weight excluding hydrogens is 215 g/mol. The molecule has 86 valence electrons. The highest BCUT2D eigenvalue weighted by molar-refractivity contribution is 5.91. The molecule has 0 heterocycles. The summed E-state index contributed by atoms with van der Waals surface area (Å²) >= 11 is 0. The van der Waals surface area contributed by atoms with Crippen LogP contribution in [0.1, 0.15) is 23.7 Å². The number of hydrogen-bond acceptors (Lipinski definition) is 3. The second-order valence-electron chi connectivity index (χ2n) is 3.15. The van der Waals surface area contributed by atoms with E-state index in [1.165, 1.54) is 12.1 Å². The van der Waals surface area contributed by atoms with Crippen LogP contribution in [0.2, 0.25) is 0 Å². The van der Waals surface area contributed by atoms with Crippen LogP contribution in [-0.4, -0.2) is 23.1 Å². The van der Waals surface area contributed by atoms with Crippen molar-refractivity contribution in [3.8, 4) is 0 Å². The largest absolute Gasteiger partial charge is 0.479 e. The molecule has 0 aliphatic carbocycles. The number of aliphatic carboxylic acids is 1. The summed E-state index contributed by atoms with van der Waals surface area (Å²) in [6, 6.07) is 4.70. The fourth-order valence-electron chi connectivity index (χ4n) is 1.09. The molecule has 1 aromatic carbocycles. The van der Waals surface area contributed by atoms with Gasteiger partial charge in [-0.3, -0.25) is 0 Å². The van der Waals surface area contributed by atoms with Crippen LogP contribution in [0, 0.1) is 5.82 Å². The molecule has 0 amide bonds. The molecule has 0 fully saturated rings. The molecule has 4 nitrogen and oxygen atoms in total. The smallest absolute Gasteiger partial charge is 0.345 e. The van der Waals surface area contributed by atoms with E-state index in [1.54, 1.807) is 6.92 Å². The molecule has 0 radical (unpaired) electrons.